The molecule has 0 spiro atoms. The minimum absolute atomic E-state index is 0.191. The minimum Gasteiger partial charge on any atom is -0.381 e. The van der Waals surface area contributed by atoms with Crippen molar-refractivity contribution in [3.63, 3.8) is 0 Å². The van der Waals surface area contributed by atoms with Gasteiger partial charge in [-0.1, -0.05) is 0 Å². The largest absolute Gasteiger partial charge is 0.381 e. The van der Waals surface area contributed by atoms with Crippen LogP contribution in [0.25, 0.3) is 0 Å². The first-order valence-corrected chi connectivity index (χ1v) is 6.96. The summed E-state index contributed by atoms with van der Waals surface area (Å²) in [7, 11) is 0. The van der Waals surface area contributed by atoms with Crippen molar-refractivity contribution < 1.29 is 13.5 Å². The van der Waals surface area contributed by atoms with Gasteiger partial charge < -0.3 is 10.1 Å². The molecule has 1 aromatic carbocycles. The summed E-state index contributed by atoms with van der Waals surface area (Å²) in [6.45, 7) is 2.10. The fraction of sp³-hybridized carbons (Fsp3) is 0.600. The van der Waals surface area contributed by atoms with E-state index in [4.69, 9.17) is 4.74 Å². The molecular weight excluding hydrogens is 248 g/mol. The van der Waals surface area contributed by atoms with E-state index in [1.807, 2.05) is 0 Å². The molecule has 1 saturated carbocycles. The maximum absolute atomic E-state index is 13.5. The molecule has 0 radical (unpaired) electrons. The number of nitrogens with one attached hydrogen (secondary N) is 1. The number of rotatable bonds is 4. The SMILES string of the molecule is Fc1cc(F)cc(C2(CNC3CC3)CCOCC2)c1. The first-order valence-electron chi connectivity index (χ1n) is 6.96. The highest BCUT2D eigenvalue weighted by molar-refractivity contribution is 5.28. The maximum atomic E-state index is 13.5. The summed E-state index contributed by atoms with van der Waals surface area (Å²) in [5.74, 6) is -0.987. The van der Waals surface area contributed by atoms with Crippen LogP contribution in [0.15, 0.2) is 18.2 Å². The Hall–Kier alpha value is -1.00. The van der Waals surface area contributed by atoms with Crippen LogP contribution < -0.4 is 5.32 Å². The van der Waals surface area contributed by atoms with Crippen molar-refractivity contribution in [2.24, 2.45) is 0 Å². The van der Waals surface area contributed by atoms with Gasteiger partial charge in [-0.2, -0.15) is 0 Å². The lowest BCUT2D eigenvalue weighted by Crippen LogP contribution is -2.43. The molecule has 104 valence electrons. The van der Waals surface area contributed by atoms with Crippen molar-refractivity contribution in [3.05, 3.63) is 35.4 Å². The molecule has 19 heavy (non-hydrogen) atoms. The van der Waals surface area contributed by atoms with E-state index in [9.17, 15) is 8.78 Å². The molecule has 1 aliphatic heterocycles. The first kappa shape index (κ1) is 13.0. The van der Waals surface area contributed by atoms with Crippen molar-refractivity contribution in [2.45, 2.75) is 37.1 Å². The van der Waals surface area contributed by atoms with Crippen LogP contribution in [0.2, 0.25) is 0 Å². The zero-order valence-corrected chi connectivity index (χ0v) is 10.9. The molecule has 3 rings (SSSR count). The standard InChI is InChI=1S/C15H19F2NO/c16-12-7-11(8-13(17)9-12)15(3-5-19-6-4-15)10-18-14-1-2-14/h7-9,14,18H,1-6,10H2. The normalized spacial score (nSPS) is 22.4. The number of hydrogen-bond donors (Lipinski definition) is 1. The van der Waals surface area contributed by atoms with E-state index in [0.29, 0.717) is 19.3 Å². The first-order chi connectivity index (χ1) is 9.18. The Morgan fingerprint density at radius 3 is 2.32 bits per heavy atom. The highest BCUT2D eigenvalue weighted by Crippen LogP contribution is 2.36. The molecule has 1 heterocycles. The molecule has 2 nitrogen and oxygen atoms in total. The zero-order chi connectivity index (χ0) is 13.3. The highest BCUT2D eigenvalue weighted by Gasteiger charge is 2.36. The van der Waals surface area contributed by atoms with E-state index in [1.165, 1.54) is 25.0 Å². The summed E-state index contributed by atoms with van der Waals surface area (Å²) in [4.78, 5) is 0. The van der Waals surface area contributed by atoms with Crippen molar-refractivity contribution in [1.29, 1.82) is 0 Å². The lowest BCUT2D eigenvalue weighted by molar-refractivity contribution is 0.0495. The summed E-state index contributed by atoms with van der Waals surface area (Å²) in [6.07, 6.45) is 4.05. The second-order valence-corrected chi connectivity index (χ2v) is 5.71. The van der Waals surface area contributed by atoms with E-state index >= 15 is 0 Å². The third kappa shape index (κ3) is 2.95. The quantitative estimate of drug-likeness (QED) is 0.905. The van der Waals surface area contributed by atoms with Gasteiger partial charge >= 0.3 is 0 Å². The van der Waals surface area contributed by atoms with Gasteiger partial charge in [0.2, 0.25) is 0 Å². The van der Waals surface area contributed by atoms with Gasteiger partial charge in [0, 0.05) is 37.3 Å². The second kappa shape index (κ2) is 5.17. The minimum atomic E-state index is -0.493. The molecule has 2 aliphatic rings. The van der Waals surface area contributed by atoms with E-state index < -0.39 is 11.6 Å². The molecule has 2 fully saturated rings. The highest BCUT2D eigenvalue weighted by atomic mass is 19.1. The van der Waals surface area contributed by atoms with E-state index in [0.717, 1.165) is 31.0 Å². The van der Waals surface area contributed by atoms with Crippen LogP contribution in [0, 0.1) is 11.6 Å². The van der Waals surface area contributed by atoms with Gasteiger partial charge in [-0.25, -0.2) is 8.78 Å². The Morgan fingerprint density at radius 1 is 1.11 bits per heavy atom. The molecule has 0 unspecified atom stereocenters. The Morgan fingerprint density at radius 2 is 1.74 bits per heavy atom. The number of halogens is 2. The number of ether oxygens (including phenoxy) is 1. The summed E-state index contributed by atoms with van der Waals surface area (Å²) >= 11 is 0. The molecule has 0 atom stereocenters. The third-order valence-corrected chi connectivity index (χ3v) is 4.23. The molecular formula is C15H19F2NO. The fourth-order valence-electron chi connectivity index (χ4n) is 2.82. The van der Waals surface area contributed by atoms with Gasteiger partial charge in [0.15, 0.2) is 0 Å². The lowest BCUT2D eigenvalue weighted by atomic mass is 9.74. The van der Waals surface area contributed by atoms with Gasteiger partial charge in [-0.3, -0.25) is 0 Å². The van der Waals surface area contributed by atoms with Gasteiger partial charge in [-0.15, -0.1) is 0 Å². The summed E-state index contributed by atoms with van der Waals surface area (Å²) < 4.78 is 32.4. The van der Waals surface area contributed by atoms with Crippen LogP contribution in [0.3, 0.4) is 0 Å². The third-order valence-electron chi connectivity index (χ3n) is 4.23. The van der Waals surface area contributed by atoms with Gasteiger partial charge in [0.1, 0.15) is 11.6 Å². The van der Waals surface area contributed by atoms with Crippen molar-refractivity contribution >= 4 is 0 Å². The van der Waals surface area contributed by atoms with E-state index in [1.54, 1.807) is 0 Å². The maximum Gasteiger partial charge on any atom is 0.126 e. The van der Waals surface area contributed by atoms with Crippen LogP contribution in [0.1, 0.15) is 31.2 Å². The molecule has 0 aromatic heterocycles. The monoisotopic (exact) mass is 267 g/mol. The second-order valence-electron chi connectivity index (χ2n) is 5.71. The van der Waals surface area contributed by atoms with Crippen molar-refractivity contribution in [3.8, 4) is 0 Å². The smallest absolute Gasteiger partial charge is 0.126 e. The topological polar surface area (TPSA) is 21.3 Å². The van der Waals surface area contributed by atoms with Crippen LogP contribution in [0.5, 0.6) is 0 Å². The fourth-order valence-corrected chi connectivity index (χ4v) is 2.82. The Balaban J connectivity index is 1.87. The van der Waals surface area contributed by atoms with Crippen LogP contribution in [-0.4, -0.2) is 25.8 Å². The number of benzene rings is 1. The molecule has 1 N–H and O–H groups in total. The van der Waals surface area contributed by atoms with Crippen LogP contribution in [-0.2, 0) is 10.2 Å². The molecule has 4 heteroatoms. The van der Waals surface area contributed by atoms with Crippen molar-refractivity contribution in [1.82, 2.24) is 5.32 Å². The molecule has 1 aromatic rings. The molecule has 1 aliphatic carbocycles. The summed E-state index contributed by atoms with van der Waals surface area (Å²) in [5.41, 5.74) is 0.575. The van der Waals surface area contributed by atoms with E-state index in [-0.39, 0.29) is 5.41 Å². The average Bonchev–Trinajstić information content (AvgIpc) is 3.20. The predicted octanol–water partition coefficient (Wildman–Crippen LogP) is 2.77. The summed E-state index contributed by atoms with van der Waals surface area (Å²) in [6, 6.07) is 4.48. The Bertz CT molecular complexity index is 433. The molecule has 0 amide bonds. The molecule has 0 bridgehead atoms. The number of hydrogen-bond acceptors (Lipinski definition) is 2. The summed E-state index contributed by atoms with van der Waals surface area (Å²) in [5, 5.41) is 3.50. The van der Waals surface area contributed by atoms with Crippen LogP contribution >= 0.6 is 0 Å². The van der Waals surface area contributed by atoms with Gasteiger partial charge in [-0.05, 0) is 43.4 Å². The predicted molar refractivity (Wildman–Crippen MR) is 69.1 cm³/mol. The zero-order valence-electron chi connectivity index (χ0n) is 10.9. The lowest BCUT2D eigenvalue weighted by Gasteiger charge is -2.38. The Kier molecular flexibility index (Phi) is 3.54. The average molecular weight is 267 g/mol. The molecule has 1 saturated heterocycles. The van der Waals surface area contributed by atoms with E-state index in [2.05, 4.69) is 5.32 Å². The van der Waals surface area contributed by atoms with Gasteiger partial charge in [0.25, 0.3) is 0 Å². The van der Waals surface area contributed by atoms with Gasteiger partial charge in [0.05, 0.1) is 0 Å². The van der Waals surface area contributed by atoms with Crippen LogP contribution in [0.4, 0.5) is 8.78 Å². The Labute approximate surface area is 112 Å². The van der Waals surface area contributed by atoms with Crippen molar-refractivity contribution in [2.75, 3.05) is 19.8 Å².